The van der Waals surface area contributed by atoms with Crippen LogP contribution in [0.15, 0.2) is 51.4 Å². The molecular formula is C18H13BrCl2N2O3. The Labute approximate surface area is 168 Å². The molecule has 0 aliphatic heterocycles. The lowest BCUT2D eigenvalue weighted by atomic mass is 10.2. The number of rotatable bonds is 4. The van der Waals surface area contributed by atoms with Crippen LogP contribution in [-0.2, 0) is 4.79 Å². The van der Waals surface area contributed by atoms with Crippen LogP contribution in [0, 0.1) is 0 Å². The van der Waals surface area contributed by atoms with Crippen LogP contribution in [0.1, 0.15) is 10.6 Å². The van der Waals surface area contributed by atoms with E-state index in [0.717, 1.165) is 9.86 Å². The fourth-order valence-electron chi connectivity index (χ4n) is 2.40. The molecule has 2 amide bonds. The zero-order valence-corrected chi connectivity index (χ0v) is 16.7. The minimum absolute atomic E-state index is 0.151. The zero-order valence-electron chi connectivity index (χ0n) is 13.6. The molecule has 0 saturated heterocycles. The van der Waals surface area contributed by atoms with Crippen molar-refractivity contribution in [2.24, 2.45) is 0 Å². The number of carbonyl (C=O) groups excluding carboxylic acids is 2. The number of anilines is 1. The number of carbonyl (C=O) groups is 2. The number of para-hydroxylation sites is 2. The van der Waals surface area contributed by atoms with Crippen molar-refractivity contribution in [3.8, 4) is 0 Å². The highest BCUT2D eigenvalue weighted by atomic mass is 79.9. The van der Waals surface area contributed by atoms with Gasteiger partial charge in [-0.15, -0.1) is 0 Å². The van der Waals surface area contributed by atoms with Crippen LogP contribution < -0.4 is 5.32 Å². The number of furan rings is 1. The highest BCUT2D eigenvalue weighted by Gasteiger charge is 2.20. The van der Waals surface area contributed by atoms with Gasteiger partial charge in [-0.05, 0) is 40.2 Å². The van der Waals surface area contributed by atoms with Crippen LogP contribution in [-0.4, -0.2) is 30.3 Å². The van der Waals surface area contributed by atoms with Gasteiger partial charge in [0.2, 0.25) is 5.91 Å². The molecule has 1 heterocycles. The van der Waals surface area contributed by atoms with Crippen molar-refractivity contribution in [1.82, 2.24) is 4.90 Å². The van der Waals surface area contributed by atoms with Gasteiger partial charge in [-0.3, -0.25) is 9.59 Å². The van der Waals surface area contributed by atoms with E-state index in [1.807, 2.05) is 18.2 Å². The summed E-state index contributed by atoms with van der Waals surface area (Å²) in [6.07, 6.45) is 0. The first-order valence-electron chi connectivity index (χ1n) is 7.54. The summed E-state index contributed by atoms with van der Waals surface area (Å²) in [6, 6.07) is 12.1. The standard InChI is InChI=1S/C18H13BrCl2N2O3/c1-23(9-15(24)22-16-12(20)6-3-7-13(16)21)18(25)14-8-10-4-2-5-11(19)17(10)26-14/h2-8H,9H2,1H3,(H,22,24). The van der Waals surface area contributed by atoms with E-state index in [4.69, 9.17) is 27.6 Å². The second-order valence-corrected chi connectivity index (χ2v) is 7.24. The Morgan fingerprint density at radius 2 is 1.81 bits per heavy atom. The molecule has 0 aliphatic rings. The highest BCUT2D eigenvalue weighted by molar-refractivity contribution is 9.10. The monoisotopic (exact) mass is 454 g/mol. The molecule has 5 nitrogen and oxygen atoms in total. The number of likely N-dealkylation sites (N-methyl/N-ethyl adjacent to an activating group) is 1. The Hall–Kier alpha value is -2.02. The molecule has 0 atom stereocenters. The third kappa shape index (κ3) is 3.87. The van der Waals surface area contributed by atoms with E-state index in [1.54, 1.807) is 24.3 Å². The van der Waals surface area contributed by atoms with Crippen LogP contribution in [0.5, 0.6) is 0 Å². The molecule has 1 N–H and O–H groups in total. The predicted octanol–water partition coefficient (Wildman–Crippen LogP) is 5.21. The van der Waals surface area contributed by atoms with Crippen LogP contribution in [0.2, 0.25) is 10.0 Å². The molecule has 3 aromatic rings. The number of amides is 2. The Morgan fingerprint density at radius 3 is 2.46 bits per heavy atom. The molecule has 0 saturated carbocycles. The summed E-state index contributed by atoms with van der Waals surface area (Å²) in [6.45, 7) is -0.182. The van der Waals surface area contributed by atoms with Crippen LogP contribution in [0.3, 0.4) is 0 Å². The fourth-order valence-corrected chi connectivity index (χ4v) is 3.36. The first kappa shape index (κ1) is 18.8. The Morgan fingerprint density at radius 1 is 1.15 bits per heavy atom. The summed E-state index contributed by atoms with van der Waals surface area (Å²) in [5.41, 5.74) is 0.894. The zero-order chi connectivity index (χ0) is 18.8. The maximum Gasteiger partial charge on any atom is 0.289 e. The van der Waals surface area contributed by atoms with Crippen molar-refractivity contribution in [1.29, 1.82) is 0 Å². The van der Waals surface area contributed by atoms with Crippen molar-refractivity contribution in [3.05, 3.63) is 62.7 Å². The average molecular weight is 456 g/mol. The lowest BCUT2D eigenvalue weighted by Gasteiger charge is -2.16. The van der Waals surface area contributed by atoms with Gasteiger partial charge in [0.15, 0.2) is 5.76 Å². The molecule has 26 heavy (non-hydrogen) atoms. The van der Waals surface area contributed by atoms with Gasteiger partial charge in [0.1, 0.15) is 5.58 Å². The van der Waals surface area contributed by atoms with E-state index in [0.29, 0.717) is 21.3 Å². The molecule has 3 rings (SSSR count). The van der Waals surface area contributed by atoms with E-state index in [2.05, 4.69) is 21.2 Å². The molecule has 0 aliphatic carbocycles. The molecule has 0 bridgehead atoms. The van der Waals surface area contributed by atoms with E-state index in [-0.39, 0.29) is 12.3 Å². The molecular weight excluding hydrogens is 443 g/mol. The molecule has 0 radical (unpaired) electrons. The van der Waals surface area contributed by atoms with Gasteiger partial charge in [0, 0.05) is 12.4 Å². The molecule has 134 valence electrons. The van der Waals surface area contributed by atoms with Gasteiger partial charge in [-0.25, -0.2) is 0 Å². The number of benzene rings is 2. The summed E-state index contributed by atoms with van der Waals surface area (Å²) in [5.74, 6) is -0.681. The summed E-state index contributed by atoms with van der Waals surface area (Å²) >= 11 is 15.4. The second kappa shape index (κ2) is 7.70. The normalized spacial score (nSPS) is 10.8. The van der Waals surface area contributed by atoms with Crippen molar-refractivity contribution >= 4 is 67.6 Å². The van der Waals surface area contributed by atoms with E-state index >= 15 is 0 Å². The van der Waals surface area contributed by atoms with E-state index in [1.165, 1.54) is 11.9 Å². The van der Waals surface area contributed by atoms with Crippen molar-refractivity contribution in [2.75, 3.05) is 18.9 Å². The van der Waals surface area contributed by atoms with Gasteiger partial charge in [0.05, 0.1) is 26.8 Å². The maximum atomic E-state index is 12.5. The summed E-state index contributed by atoms with van der Waals surface area (Å²) in [7, 11) is 1.51. The summed E-state index contributed by atoms with van der Waals surface area (Å²) in [5, 5.41) is 4.05. The van der Waals surface area contributed by atoms with Crippen LogP contribution in [0.4, 0.5) is 5.69 Å². The number of hydrogen-bond donors (Lipinski definition) is 1. The second-order valence-electron chi connectivity index (χ2n) is 5.57. The van der Waals surface area contributed by atoms with Gasteiger partial charge in [0.25, 0.3) is 5.91 Å². The molecule has 2 aromatic carbocycles. The topological polar surface area (TPSA) is 62.6 Å². The fraction of sp³-hybridized carbons (Fsp3) is 0.111. The number of halogens is 3. The van der Waals surface area contributed by atoms with Crippen LogP contribution >= 0.6 is 39.1 Å². The first-order chi connectivity index (χ1) is 12.4. The third-order valence-electron chi connectivity index (χ3n) is 3.66. The SMILES string of the molecule is CN(CC(=O)Nc1c(Cl)cccc1Cl)C(=O)c1cc2cccc(Br)c2o1. The van der Waals surface area contributed by atoms with Gasteiger partial charge >= 0.3 is 0 Å². The number of fused-ring (bicyclic) bond motifs is 1. The maximum absolute atomic E-state index is 12.5. The molecule has 0 unspecified atom stereocenters. The van der Waals surface area contributed by atoms with Gasteiger partial charge in [-0.1, -0.05) is 41.4 Å². The van der Waals surface area contributed by atoms with Gasteiger partial charge in [-0.2, -0.15) is 0 Å². The molecule has 0 spiro atoms. The summed E-state index contributed by atoms with van der Waals surface area (Å²) in [4.78, 5) is 26.0. The van der Waals surface area contributed by atoms with Crippen LogP contribution in [0.25, 0.3) is 11.0 Å². The van der Waals surface area contributed by atoms with E-state index < -0.39 is 11.8 Å². The van der Waals surface area contributed by atoms with E-state index in [9.17, 15) is 9.59 Å². The lowest BCUT2D eigenvalue weighted by Crippen LogP contribution is -2.34. The highest BCUT2D eigenvalue weighted by Crippen LogP contribution is 2.30. The minimum Gasteiger partial charge on any atom is -0.450 e. The Kier molecular flexibility index (Phi) is 5.55. The molecule has 1 aromatic heterocycles. The summed E-state index contributed by atoms with van der Waals surface area (Å²) < 4.78 is 6.36. The quantitative estimate of drug-likeness (QED) is 0.587. The van der Waals surface area contributed by atoms with Gasteiger partial charge < -0.3 is 14.6 Å². The lowest BCUT2D eigenvalue weighted by molar-refractivity contribution is -0.116. The van der Waals surface area contributed by atoms with Crippen molar-refractivity contribution in [3.63, 3.8) is 0 Å². The Bertz CT molecular complexity index is 983. The number of hydrogen-bond acceptors (Lipinski definition) is 3. The molecule has 0 fully saturated rings. The number of nitrogens with one attached hydrogen (secondary N) is 1. The van der Waals surface area contributed by atoms with Crippen molar-refractivity contribution in [2.45, 2.75) is 0 Å². The largest absolute Gasteiger partial charge is 0.450 e. The smallest absolute Gasteiger partial charge is 0.289 e. The minimum atomic E-state index is -0.423. The molecule has 8 heteroatoms. The first-order valence-corrected chi connectivity index (χ1v) is 9.09. The number of nitrogens with zero attached hydrogens (tertiary/aromatic N) is 1. The van der Waals surface area contributed by atoms with Crippen molar-refractivity contribution < 1.29 is 14.0 Å². The Balaban J connectivity index is 1.72. The third-order valence-corrected chi connectivity index (χ3v) is 4.92. The average Bonchev–Trinajstić information content (AvgIpc) is 3.03. The predicted molar refractivity (Wildman–Crippen MR) is 106 cm³/mol.